The minimum atomic E-state index is -0.978. The fraction of sp³-hybridized carbons (Fsp3) is 0.833. The molecule has 0 amide bonds. The summed E-state index contributed by atoms with van der Waals surface area (Å²) in [7, 11) is 0. The van der Waals surface area contributed by atoms with Gasteiger partial charge in [-0.25, -0.2) is 0 Å². The lowest BCUT2D eigenvalue weighted by atomic mass is 10.1. The fourth-order valence-corrected chi connectivity index (χ4v) is 1.31. The Morgan fingerprint density at radius 1 is 1.50 bits per heavy atom. The monoisotopic (exact) mass is 174 g/mol. The van der Waals surface area contributed by atoms with Crippen molar-refractivity contribution < 1.29 is 19.7 Å². The molecule has 0 spiro atoms. The van der Waals surface area contributed by atoms with Crippen LogP contribution in [0.1, 0.15) is 0 Å². The first-order chi connectivity index (χ1) is 5.68. The van der Waals surface area contributed by atoms with Gasteiger partial charge < -0.3 is 25.4 Å². The van der Waals surface area contributed by atoms with E-state index in [0.29, 0.717) is 0 Å². The van der Waals surface area contributed by atoms with Gasteiger partial charge in [0.1, 0.15) is 12.2 Å². The van der Waals surface area contributed by atoms with Gasteiger partial charge in [0.15, 0.2) is 12.3 Å². The van der Waals surface area contributed by atoms with E-state index in [2.05, 4.69) is 4.99 Å². The summed E-state index contributed by atoms with van der Waals surface area (Å²) in [5.74, 6) is 0. The number of aliphatic hydroxyl groups is 2. The van der Waals surface area contributed by atoms with Crippen molar-refractivity contribution in [2.45, 2.75) is 24.5 Å². The van der Waals surface area contributed by atoms with Crippen molar-refractivity contribution in [3.8, 4) is 0 Å². The summed E-state index contributed by atoms with van der Waals surface area (Å²) < 4.78 is 9.99. The van der Waals surface area contributed by atoms with E-state index in [0.717, 1.165) is 0 Å². The Balaban J connectivity index is 2.11. The third-order valence-electron chi connectivity index (χ3n) is 1.96. The van der Waals surface area contributed by atoms with Crippen molar-refractivity contribution in [3.05, 3.63) is 0 Å². The van der Waals surface area contributed by atoms with Crippen LogP contribution in [-0.2, 0) is 9.47 Å². The van der Waals surface area contributed by atoms with Gasteiger partial charge >= 0.3 is 0 Å². The van der Waals surface area contributed by atoms with Crippen LogP contribution in [0.3, 0.4) is 0 Å². The third-order valence-corrected chi connectivity index (χ3v) is 1.96. The molecule has 2 aliphatic rings. The largest absolute Gasteiger partial charge is 0.454 e. The molecule has 2 heterocycles. The Hall–Kier alpha value is -0.850. The van der Waals surface area contributed by atoms with Crippen LogP contribution >= 0.6 is 0 Å². The van der Waals surface area contributed by atoms with E-state index in [1.165, 1.54) is 0 Å². The number of aliphatic imine (C=N–C) groups is 1. The molecule has 6 heteroatoms. The van der Waals surface area contributed by atoms with Gasteiger partial charge in [0.25, 0.3) is 6.02 Å². The number of fused-ring (bicyclic) bond motifs is 1. The van der Waals surface area contributed by atoms with Gasteiger partial charge in [0, 0.05) is 0 Å². The van der Waals surface area contributed by atoms with Gasteiger partial charge in [-0.2, -0.15) is 4.99 Å². The average molecular weight is 174 g/mol. The molecule has 2 rings (SSSR count). The van der Waals surface area contributed by atoms with Crippen LogP contribution in [0.5, 0.6) is 0 Å². The zero-order chi connectivity index (χ0) is 8.72. The number of hydrogen-bond donors (Lipinski definition) is 3. The number of rotatable bonds is 0. The highest BCUT2D eigenvalue weighted by Crippen LogP contribution is 2.23. The van der Waals surface area contributed by atoms with Crippen molar-refractivity contribution in [2.24, 2.45) is 10.7 Å². The van der Waals surface area contributed by atoms with Crippen LogP contribution in [0.2, 0.25) is 0 Å². The second-order valence-corrected chi connectivity index (χ2v) is 2.83. The molecular weight excluding hydrogens is 164 g/mol. The molecule has 6 nitrogen and oxygen atoms in total. The van der Waals surface area contributed by atoms with Crippen LogP contribution in [0, 0.1) is 0 Å². The van der Waals surface area contributed by atoms with E-state index in [-0.39, 0.29) is 12.6 Å². The maximum Gasteiger partial charge on any atom is 0.285 e. The molecule has 0 bridgehead atoms. The molecule has 4 N–H and O–H groups in total. The standard InChI is InChI=1S/C6H10N2O4/c7-6-8-5-4(12-6)3(10)2(9)1-11-5/h2-5,9-10H,1H2,(H2,7,8)/t2-,3+,4+,5-/m1/s1. The highest BCUT2D eigenvalue weighted by molar-refractivity contribution is 5.73. The minimum absolute atomic E-state index is 0.00171. The molecule has 0 saturated carbocycles. The lowest BCUT2D eigenvalue weighted by Crippen LogP contribution is -2.51. The Bertz CT molecular complexity index is 220. The molecule has 0 aromatic carbocycles. The normalized spacial score (nSPS) is 46.3. The summed E-state index contributed by atoms with van der Waals surface area (Å²) in [6, 6.07) is -0.00171. The number of nitrogens with two attached hydrogens (primary N) is 1. The third kappa shape index (κ3) is 1.04. The van der Waals surface area contributed by atoms with E-state index in [4.69, 9.17) is 20.3 Å². The summed E-state index contributed by atoms with van der Waals surface area (Å²) in [4.78, 5) is 3.77. The maximum atomic E-state index is 9.38. The zero-order valence-corrected chi connectivity index (χ0v) is 6.25. The number of ether oxygens (including phenoxy) is 2. The van der Waals surface area contributed by atoms with E-state index in [9.17, 15) is 5.11 Å². The van der Waals surface area contributed by atoms with Crippen molar-refractivity contribution >= 4 is 6.02 Å². The first kappa shape index (κ1) is 7.78. The van der Waals surface area contributed by atoms with Crippen LogP contribution in [0.15, 0.2) is 4.99 Å². The lowest BCUT2D eigenvalue weighted by Gasteiger charge is -2.31. The molecule has 0 unspecified atom stereocenters. The zero-order valence-electron chi connectivity index (χ0n) is 6.25. The Morgan fingerprint density at radius 3 is 3.00 bits per heavy atom. The van der Waals surface area contributed by atoms with E-state index in [1.807, 2.05) is 0 Å². The summed E-state index contributed by atoms with van der Waals surface area (Å²) >= 11 is 0. The fourth-order valence-electron chi connectivity index (χ4n) is 1.31. The van der Waals surface area contributed by atoms with Crippen LogP contribution in [-0.4, -0.2) is 47.4 Å². The molecule has 4 atom stereocenters. The molecule has 1 fully saturated rings. The molecule has 12 heavy (non-hydrogen) atoms. The van der Waals surface area contributed by atoms with E-state index in [1.54, 1.807) is 0 Å². The van der Waals surface area contributed by atoms with Gasteiger partial charge in [-0.05, 0) is 0 Å². The Labute approximate surface area is 68.6 Å². The summed E-state index contributed by atoms with van der Waals surface area (Å²) in [6.45, 7) is 0.0580. The summed E-state index contributed by atoms with van der Waals surface area (Å²) in [5.41, 5.74) is 5.26. The topological polar surface area (TPSA) is 97.3 Å². The number of nitrogens with zero attached hydrogens (tertiary/aromatic N) is 1. The molecule has 2 aliphatic heterocycles. The lowest BCUT2D eigenvalue weighted by molar-refractivity contribution is -0.168. The molecule has 1 saturated heterocycles. The number of aliphatic hydroxyl groups excluding tert-OH is 2. The number of amidine groups is 1. The Kier molecular flexibility index (Phi) is 1.67. The van der Waals surface area contributed by atoms with Crippen molar-refractivity contribution in [1.82, 2.24) is 0 Å². The first-order valence-corrected chi connectivity index (χ1v) is 3.66. The van der Waals surface area contributed by atoms with E-state index >= 15 is 0 Å². The second-order valence-electron chi connectivity index (χ2n) is 2.83. The summed E-state index contributed by atoms with van der Waals surface area (Å²) in [6.07, 6.45) is -3.13. The second kappa shape index (κ2) is 2.58. The van der Waals surface area contributed by atoms with Crippen molar-refractivity contribution in [3.63, 3.8) is 0 Å². The van der Waals surface area contributed by atoms with Crippen LogP contribution in [0.4, 0.5) is 0 Å². The molecule has 0 aliphatic carbocycles. The predicted molar refractivity (Wildman–Crippen MR) is 38.2 cm³/mol. The van der Waals surface area contributed by atoms with Crippen LogP contribution < -0.4 is 5.73 Å². The van der Waals surface area contributed by atoms with Crippen molar-refractivity contribution in [2.75, 3.05) is 6.61 Å². The SMILES string of the molecule is NC1=N[C@@H]2OC[C@@H](O)[C@H](O)[C@@H]2O1. The maximum absolute atomic E-state index is 9.38. The molecule has 0 radical (unpaired) electrons. The van der Waals surface area contributed by atoms with Gasteiger partial charge in [-0.3, -0.25) is 0 Å². The molecular formula is C6H10N2O4. The highest BCUT2D eigenvalue weighted by Gasteiger charge is 2.44. The molecule has 0 aromatic rings. The molecule has 0 aromatic heterocycles. The van der Waals surface area contributed by atoms with Crippen molar-refractivity contribution in [1.29, 1.82) is 0 Å². The first-order valence-electron chi connectivity index (χ1n) is 3.66. The summed E-state index contributed by atoms with van der Waals surface area (Å²) in [5, 5.41) is 18.5. The van der Waals surface area contributed by atoms with E-state index < -0.39 is 24.5 Å². The predicted octanol–water partition coefficient (Wildman–Crippen LogP) is -2.22. The van der Waals surface area contributed by atoms with Gasteiger partial charge in [-0.1, -0.05) is 0 Å². The van der Waals surface area contributed by atoms with Crippen LogP contribution in [0.25, 0.3) is 0 Å². The Morgan fingerprint density at radius 2 is 2.25 bits per heavy atom. The highest BCUT2D eigenvalue weighted by atomic mass is 16.6. The molecule has 68 valence electrons. The van der Waals surface area contributed by atoms with Gasteiger partial charge in [0.2, 0.25) is 0 Å². The number of hydrogen-bond acceptors (Lipinski definition) is 6. The average Bonchev–Trinajstić information content (AvgIpc) is 2.39. The smallest absolute Gasteiger partial charge is 0.285 e. The quantitative estimate of drug-likeness (QED) is 0.386. The minimum Gasteiger partial charge on any atom is -0.454 e. The van der Waals surface area contributed by atoms with Gasteiger partial charge in [-0.15, -0.1) is 0 Å². The van der Waals surface area contributed by atoms with Gasteiger partial charge in [0.05, 0.1) is 6.61 Å².